The average molecular weight is 522 g/mol. The van der Waals surface area contributed by atoms with Gasteiger partial charge in [-0.05, 0) is 43.9 Å². The van der Waals surface area contributed by atoms with E-state index in [0.29, 0.717) is 45.6 Å². The van der Waals surface area contributed by atoms with Crippen molar-refractivity contribution in [3.63, 3.8) is 0 Å². The number of carbonyl (C=O) groups is 2. The Balaban J connectivity index is 1.29. The van der Waals surface area contributed by atoms with E-state index in [1.807, 2.05) is 35.2 Å². The maximum atomic E-state index is 12.6. The number of rotatable bonds is 10. The molecule has 1 saturated heterocycles. The molecular weight excluding hydrogens is 486 g/mol. The van der Waals surface area contributed by atoms with E-state index in [2.05, 4.69) is 46.0 Å². The van der Waals surface area contributed by atoms with E-state index in [-0.39, 0.29) is 12.0 Å². The number of ether oxygens (including phenoxy) is 1. The molecule has 2 amide bonds. The van der Waals surface area contributed by atoms with Gasteiger partial charge in [-0.1, -0.05) is 60.3 Å². The van der Waals surface area contributed by atoms with Gasteiger partial charge in [-0.2, -0.15) is 0 Å². The Labute approximate surface area is 223 Å². The predicted octanol–water partition coefficient (Wildman–Crippen LogP) is 4.73. The first-order valence-corrected chi connectivity index (χ1v) is 13.9. The summed E-state index contributed by atoms with van der Waals surface area (Å²) >= 11 is 1.68. The molecular formula is C28H35N5O3S. The van der Waals surface area contributed by atoms with Crippen LogP contribution in [0, 0.1) is 6.92 Å². The molecule has 0 bridgehead atoms. The number of para-hydroxylation sites is 1. The van der Waals surface area contributed by atoms with Crippen LogP contribution in [0.25, 0.3) is 5.69 Å². The molecule has 1 aromatic heterocycles. The molecule has 1 aliphatic rings. The molecule has 4 rings (SSSR count). The van der Waals surface area contributed by atoms with Crippen LogP contribution in [-0.4, -0.2) is 75.1 Å². The molecule has 37 heavy (non-hydrogen) atoms. The minimum absolute atomic E-state index is 0.154. The quantitative estimate of drug-likeness (QED) is 0.283. The molecule has 0 aliphatic carbocycles. The van der Waals surface area contributed by atoms with Gasteiger partial charge in [-0.3, -0.25) is 9.36 Å². The monoisotopic (exact) mass is 521 g/mol. The molecule has 196 valence electrons. The van der Waals surface area contributed by atoms with Crippen molar-refractivity contribution >= 4 is 23.8 Å². The van der Waals surface area contributed by atoms with Gasteiger partial charge in [0.05, 0.1) is 12.3 Å². The van der Waals surface area contributed by atoms with Crippen LogP contribution in [0.3, 0.4) is 0 Å². The number of hydrogen-bond acceptors (Lipinski definition) is 6. The zero-order valence-electron chi connectivity index (χ0n) is 21.6. The topological polar surface area (TPSA) is 80.6 Å². The normalized spacial score (nSPS) is 13.6. The number of thioether (sulfide) groups is 1. The minimum Gasteiger partial charge on any atom is -0.450 e. The van der Waals surface area contributed by atoms with Crippen molar-refractivity contribution in [3.05, 3.63) is 71.5 Å². The Hall–Kier alpha value is -3.33. The second-order valence-corrected chi connectivity index (χ2v) is 10.1. The van der Waals surface area contributed by atoms with E-state index < -0.39 is 0 Å². The highest BCUT2D eigenvalue weighted by Crippen LogP contribution is 2.26. The molecule has 2 aromatic carbocycles. The Morgan fingerprint density at radius 1 is 0.919 bits per heavy atom. The highest BCUT2D eigenvalue weighted by atomic mass is 32.2. The van der Waals surface area contributed by atoms with Gasteiger partial charge in [0.2, 0.25) is 5.91 Å². The van der Waals surface area contributed by atoms with Crippen LogP contribution in [0.1, 0.15) is 43.1 Å². The Bertz CT molecular complexity index is 1180. The van der Waals surface area contributed by atoms with Gasteiger partial charge < -0.3 is 14.5 Å². The number of piperazine rings is 1. The lowest BCUT2D eigenvalue weighted by Gasteiger charge is -2.34. The van der Waals surface area contributed by atoms with Crippen molar-refractivity contribution in [2.75, 3.05) is 38.5 Å². The first-order valence-electron chi connectivity index (χ1n) is 12.9. The molecule has 0 spiro atoms. The largest absolute Gasteiger partial charge is 0.450 e. The number of unbranched alkanes of at least 4 members (excludes halogenated alkanes) is 1. The van der Waals surface area contributed by atoms with Gasteiger partial charge in [0.25, 0.3) is 0 Å². The van der Waals surface area contributed by atoms with Crippen molar-refractivity contribution in [1.82, 2.24) is 24.6 Å². The van der Waals surface area contributed by atoms with Crippen LogP contribution in [0.5, 0.6) is 0 Å². The van der Waals surface area contributed by atoms with Crippen LogP contribution >= 0.6 is 11.8 Å². The summed E-state index contributed by atoms with van der Waals surface area (Å²) in [5, 5.41) is 9.95. The third-order valence-electron chi connectivity index (χ3n) is 6.44. The molecule has 9 heteroatoms. The highest BCUT2D eigenvalue weighted by molar-refractivity contribution is 7.99. The summed E-state index contributed by atoms with van der Waals surface area (Å²) in [5.74, 6) is 1.93. The van der Waals surface area contributed by atoms with Crippen LogP contribution < -0.4 is 0 Å². The van der Waals surface area contributed by atoms with Crippen molar-refractivity contribution in [2.45, 2.75) is 44.7 Å². The molecule has 0 N–H and O–H groups in total. The van der Waals surface area contributed by atoms with Crippen LogP contribution in [0.15, 0.2) is 59.8 Å². The molecule has 2 heterocycles. The number of aryl methyl sites for hydroxylation is 1. The summed E-state index contributed by atoms with van der Waals surface area (Å²) in [6.45, 7) is 6.46. The number of amides is 2. The van der Waals surface area contributed by atoms with E-state index in [0.717, 1.165) is 35.3 Å². The lowest BCUT2D eigenvalue weighted by Crippen LogP contribution is -2.50. The van der Waals surface area contributed by atoms with Crippen molar-refractivity contribution < 1.29 is 14.3 Å². The van der Waals surface area contributed by atoms with E-state index >= 15 is 0 Å². The highest BCUT2D eigenvalue weighted by Gasteiger charge is 2.24. The Kier molecular flexibility index (Phi) is 9.59. The molecule has 0 radical (unpaired) electrons. The molecule has 0 unspecified atom stereocenters. The van der Waals surface area contributed by atoms with Crippen molar-refractivity contribution in [2.24, 2.45) is 0 Å². The molecule has 3 aromatic rings. The molecule has 0 atom stereocenters. The number of carbonyl (C=O) groups excluding carboxylic acids is 2. The third-order valence-corrected chi connectivity index (χ3v) is 7.45. The number of aromatic nitrogens is 3. The number of benzene rings is 2. The van der Waals surface area contributed by atoms with Gasteiger partial charge in [-0.25, -0.2) is 4.79 Å². The average Bonchev–Trinajstić information content (AvgIpc) is 3.31. The summed E-state index contributed by atoms with van der Waals surface area (Å²) in [5.41, 5.74) is 3.47. The zero-order valence-corrected chi connectivity index (χ0v) is 22.5. The zero-order chi connectivity index (χ0) is 26.0. The molecule has 1 aliphatic heterocycles. The Morgan fingerprint density at radius 2 is 1.62 bits per heavy atom. The molecule has 8 nitrogen and oxygen atoms in total. The molecule has 0 saturated carbocycles. The van der Waals surface area contributed by atoms with Gasteiger partial charge in [0.15, 0.2) is 5.16 Å². The van der Waals surface area contributed by atoms with Gasteiger partial charge >= 0.3 is 6.09 Å². The third kappa shape index (κ3) is 7.13. The van der Waals surface area contributed by atoms with Gasteiger partial charge in [0, 0.05) is 44.8 Å². The summed E-state index contributed by atoms with van der Waals surface area (Å²) < 4.78 is 7.22. The summed E-state index contributed by atoms with van der Waals surface area (Å²) in [4.78, 5) is 28.0. The summed E-state index contributed by atoms with van der Waals surface area (Å²) in [6, 6.07) is 18.6. The summed E-state index contributed by atoms with van der Waals surface area (Å²) in [6.07, 6.45) is 2.66. The van der Waals surface area contributed by atoms with Crippen LogP contribution in [0.2, 0.25) is 0 Å². The van der Waals surface area contributed by atoms with Crippen LogP contribution in [-0.2, 0) is 16.0 Å². The van der Waals surface area contributed by atoms with Crippen LogP contribution in [0.4, 0.5) is 4.79 Å². The van der Waals surface area contributed by atoms with Gasteiger partial charge in [-0.15, -0.1) is 10.2 Å². The van der Waals surface area contributed by atoms with Gasteiger partial charge in [0.1, 0.15) is 5.82 Å². The standard InChI is InChI=1S/C28H35N5O3S/c1-3-36-28(35)32-18-16-31(17-19-32)26(34)15-9-10-20-37-27-30-29-25(21-23-12-5-4-6-13-23)33(27)24-14-8-7-11-22(24)2/h4-8,11-14H,3,9-10,15-21H2,1-2H3. The van der Waals surface area contributed by atoms with E-state index in [4.69, 9.17) is 4.74 Å². The lowest BCUT2D eigenvalue weighted by atomic mass is 10.1. The fraction of sp³-hybridized carbons (Fsp3) is 0.429. The fourth-order valence-electron chi connectivity index (χ4n) is 4.40. The predicted molar refractivity (Wildman–Crippen MR) is 145 cm³/mol. The smallest absolute Gasteiger partial charge is 0.409 e. The fourth-order valence-corrected chi connectivity index (χ4v) is 5.36. The first kappa shape index (κ1) is 26.7. The van der Waals surface area contributed by atoms with E-state index in [9.17, 15) is 9.59 Å². The summed E-state index contributed by atoms with van der Waals surface area (Å²) in [7, 11) is 0. The minimum atomic E-state index is -0.294. The number of nitrogens with zero attached hydrogens (tertiary/aromatic N) is 5. The first-order chi connectivity index (χ1) is 18.1. The van der Waals surface area contributed by atoms with E-state index in [1.54, 1.807) is 23.6 Å². The SMILES string of the molecule is CCOC(=O)N1CCN(C(=O)CCCCSc2nnc(Cc3ccccc3)n2-c2ccccc2C)CC1. The number of hydrogen-bond donors (Lipinski definition) is 0. The Morgan fingerprint density at radius 3 is 2.35 bits per heavy atom. The van der Waals surface area contributed by atoms with Crippen molar-refractivity contribution in [3.8, 4) is 5.69 Å². The lowest BCUT2D eigenvalue weighted by molar-refractivity contribution is -0.132. The second kappa shape index (κ2) is 13.3. The van der Waals surface area contributed by atoms with Crippen molar-refractivity contribution in [1.29, 1.82) is 0 Å². The maximum absolute atomic E-state index is 12.6. The van der Waals surface area contributed by atoms with E-state index in [1.165, 1.54) is 11.1 Å². The molecule has 1 fully saturated rings. The maximum Gasteiger partial charge on any atom is 0.409 e. The second-order valence-electron chi connectivity index (χ2n) is 9.06.